The van der Waals surface area contributed by atoms with Crippen molar-refractivity contribution in [2.24, 2.45) is 0 Å². The first-order valence-electron chi connectivity index (χ1n) is 7.17. The minimum atomic E-state index is 0.0541. The van der Waals surface area contributed by atoms with Crippen molar-refractivity contribution in [3.8, 4) is 0 Å². The van der Waals surface area contributed by atoms with Crippen LogP contribution in [0.15, 0.2) is 12.4 Å². The summed E-state index contributed by atoms with van der Waals surface area (Å²) in [5, 5.41) is 3.01. The Kier molecular flexibility index (Phi) is 5.55. The largest absolute Gasteiger partial charge is 0.383 e. The Morgan fingerprint density at radius 1 is 1.60 bits per heavy atom. The summed E-state index contributed by atoms with van der Waals surface area (Å²) in [6.07, 6.45) is 6.00. The number of amides is 1. The maximum atomic E-state index is 11.1. The zero-order chi connectivity index (χ0) is 14.4. The second-order valence-corrected chi connectivity index (χ2v) is 5.30. The predicted octanol–water partition coefficient (Wildman–Crippen LogP) is 0.630. The number of methoxy groups -OCH3 is 1. The number of hydrogen-bond donors (Lipinski definition) is 1. The quantitative estimate of drug-likeness (QED) is 0.830. The van der Waals surface area contributed by atoms with Crippen LogP contribution in [0, 0.1) is 0 Å². The Bertz CT molecular complexity index is 433. The second kappa shape index (κ2) is 7.40. The molecule has 2 heterocycles. The molecule has 1 aromatic heterocycles. The minimum Gasteiger partial charge on any atom is -0.383 e. The van der Waals surface area contributed by atoms with E-state index < -0.39 is 0 Å². The average Bonchev–Trinajstić information content (AvgIpc) is 2.83. The first-order chi connectivity index (χ1) is 9.69. The molecule has 2 rings (SSSR count). The molecule has 1 fully saturated rings. The van der Waals surface area contributed by atoms with Gasteiger partial charge in [-0.3, -0.25) is 9.69 Å². The average molecular weight is 280 g/mol. The molecule has 1 saturated heterocycles. The zero-order valence-electron chi connectivity index (χ0n) is 12.3. The van der Waals surface area contributed by atoms with Gasteiger partial charge in [-0.05, 0) is 19.4 Å². The molecule has 20 heavy (non-hydrogen) atoms. The van der Waals surface area contributed by atoms with Gasteiger partial charge in [0.2, 0.25) is 5.91 Å². The summed E-state index contributed by atoms with van der Waals surface area (Å²) >= 11 is 0. The molecular weight excluding hydrogens is 256 g/mol. The number of imidazole rings is 1. The minimum absolute atomic E-state index is 0.0541. The first-order valence-corrected chi connectivity index (χ1v) is 7.17. The standard InChI is InChI=1S/C14H24N4O2/c1-12(19)16-13-4-3-6-17(10-13)11-14-15-5-7-18(14)8-9-20-2/h5,7,13H,3-4,6,8-11H2,1-2H3,(H,16,19). The summed E-state index contributed by atoms with van der Waals surface area (Å²) < 4.78 is 7.24. The third-order valence-corrected chi connectivity index (χ3v) is 3.62. The number of nitrogens with one attached hydrogen (secondary N) is 1. The van der Waals surface area contributed by atoms with Gasteiger partial charge in [-0.15, -0.1) is 0 Å². The number of aromatic nitrogens is 2. The lowest BCUT2D eigenvalue weighted by Gasteiger charge is -2.32. The Labute approximate surface area is 120 Å². The smallest absolute Gasteiger partial charge is 0.217 e. The van der Waals surface area contributed by atoms with Crippen molar-refractivity contribution >= 4 is 5.91 Å². The highest BCUT2D eigenvalue weighted by atomic mass is 16.5. The van der Waals surface area contributed by atoms with E-state index in [9.17, 15) is 4.79 Å². The highest BCUT2D eigenvalue weighted by Gasteiger charge is 2.21. The fourth-order valence-electron chi connectivity index (χ4n) is 2.69. The van der Waals surface area contributed by atoms with Gasteiger partial charge in [-0.2, -0.15) is 0 Å². The number of piperidine rings is 1. The van der Waals surface area contributed by atoms with Crippen LogP contribution in [-0.2, 0) is 22.6 Å². The molecule has 1 amide bonds. The summed E-state index contributed by atoms with van der Waals surface area (Å²) in [6, 6.07) is 0.267. The highest BCUT2D eigenvalue weighted by molar-refractivity contribution is 5.73. The fraction of sp³-hybridized carbons (Fsp3) is 0.714. The lowest BCUT2D eigenvalue weighted by Crippen LogP contribution is -2.47. The molecule has 0 bridgehead atoms. The topological polar surface area (TPSA) is 59.4 Å². The molecule has 1 N–H and O–H groups in total. The summed E-state index contributed by atoms with van der Waals surface area (Å²) in [7, 11) is 1.71. The molecule has 0 saturated carbocycles. The molecule has 6 nitrogen and oxygen atoms in total. The monoisotopic (exact) mass is 280 g/mol. The lowest BCUT2D eigenvalue weighted by atomic mass is 10.1. The van der Waals surface area contributed by atoms with Crippen molar-refractivity contribution in [1.82, 2.24) is 19.8 Å². The van der Waals surface area contributed by atoms with Gasteiger partial charge < -0.3 is 14.6 Å². The van der Waals surface area contributed by atoms with E-state index in [4.69, 9.17) is 4.74 Å². The first kappa shape index (κ1) is 15.0. The summed E-state index contributed by atoms with van der Waals surface area (Å²) in [5.74, 6) is 1.11. The van der Waals surface area contributed by atoms with Gasteiger partial charge in [-0.25, -0.2) is 4.98 Å². The van der Waals surface area contributed by atoms with Gasteiger partial charge in [0.1, 0.15) is 5.82 Å². The number of carbonyl (C=O) groups excluding carboxylic acids is 1. The van der Waals surface area contributed by atoms with Gasteiger partial charge in [0.05, 0.1) is 13.2 Å². The fourth-order valence-corrected chi connectivity index (χ4v) is 2.69. The molecule has 0 aromatic carbocycles. The summed E-state index contributed by atoms with van der Waals surface area (Å²) in [6.45, 7) is 5.89. The molecule has 0 aliphatic carbocycles. The third-order valence-electron chi connectivity index (χ3n) is 3.62. The molecule has 1 aliphatic heterocycles. The molecule has 0 radical (unpaired) electrons. The van der Waals surface area contributed by atoms with Crippen molar-refractivity contribution in [1.29, 1.82) is 0 Å². The van der Waals surface area contributed by atoms with E-state index in [1.165, 1.54) is 0 Å². The number of rotatable bonds is 6. The number of nitrogens with zero attached hydrogens (tertiary/aromatic N) is 3. The molecular formula is C14H24N4O2. The summed E-state index contributed by atoms with van der Waals surface area (Å²) in [5.41, 5.74) is 0. The lowest BCUT2D eigenvalue weighted by molar-refractivity contribution is -0.120. The molecule has 1 aliphatic rings. The van der Waals surface area contributed by atoms with E-state index in [1.807, 2.05) is 12.4 Å². The Hall–Kier alpha value is -1.40. The molecule has 1 aromatic rings. The molecule has 6 heteroatoms. The van der Waals surface area contributed by atoms with Crippen LogP contribution in [0.25, 0.3) is 0 Å². The van der Waals surface area contributed by atoms with Crippen LogP contribution in [0.2, 0.25) is 0 Å². The van der Waals surface area contributed by atoms with Crippen LogP contribution in [-0.4, -0.2) is 53.2 Å². The van der Waals surface area contributed by atoms with Crippen molar-refractivity contribution in [3.63, 3.8) is 0 Å². The van der Waals surface area contributed by atoms with E-state index >= 15 is 0 Å². The SMILES string of the molecule is COCCn1ccnc1CN1CCCC(NC(C)=O)C1. The van der Waals surface area contributed by atoms with E-state index in [1.54, 1.807) is 14.0 Å². The van der Waals surface area contributed by atoms with Crippen LogP contribution in [0.3, 0.4) is 0 Å². The maximum absolute atomic E-state index is 11.1. The van der Waals surface area contributed by atoms with Crippen LogP contribution in [0.4, 0.5) is 0 Å². The van der Waals surface area contributed by atoms with E-state index in [0.29, 0.717) is 6.61 Å². The van der Waals surface area contributed by atoms with Gasteiger partial charge in [0.15, 0.2) is 0 Å². The Morgan fingerprint density at radius 2 is 2.45 bits per heavy atom. The number of hydrogen-bond acceptors (Lipinski definition) is 4. The molecule has 1 unspecified atom stereocenters. The van der Waals surface area contributed by atoms with Gasteiger partial charge >= 0.3 is 0 Å². The third kappa shape index (κ3) is 4.31. The number of ether oxygens (including phenoxy) is 1. The van der Waals surface area contributed by atoms with Crippen molar-refractivity contribution in [3.05, 3.63) is 18.2 Å². The van der Waals surface area contributed by atoms with Gasteiger partial charge in [0, 0.05) is 45.6 Å². The molecule has 1 atom stereocenters. The van der Waals surface area contributed by atoms with Crippen LogP contribution >= 0.6 is 0 Å². The predicted molar refractivity (Wildman–Crippen MR) is 76.2 cm³/mol. The molecule has 0 spiro atoms. The van der Waals surface area contributed by atoms with Crippen LogP contribution in [0.1, 0.15) is 25.6 Å². The second-order valence-electron chi connectivity index (χ2n) is 5.30. The Balaban J connectivity index is 1.89. The zero-order valence-corrected chi connectivity index (χ0v) is 12.3. The highest BCUT2D eigenvalue weighted by Crippen LogP contribution is 2.13. The van der Waals surface area contributed by atoms with Crippen LogP contribution < -0.4 is 5.32 Å². The van der Waals surface area contributed by atoms with E-state index in [-0.39, 0.29) is 11.9 Å². The normalized spacial score (nSPS) is 20.0. The van der Waals surface area contributed by atoms with E-state index in [2.05, 4.69) is 19.8 Å². The molecule has 112 valence electrons. The van der Waals surface area contributed by atoms with Gasteiger partial charge in [-0.1, -0.05) is 0 Å². The van der Waals surface area contributed by atoms with E-state index in [0.717, 1.165) is 44.8 Å². The van der Waals surface area contributed by atoms with Gasteiger partial charge in [0.25, 0.3) is 0 Å². The van der Waals surface area contributed by atoms with Crippen molar-refractivity contribution < 1.29 is 9.53 Å². The maximum Gasteiger partial charge on any atom is 0.217 e. The Morgan fingerprint density at radius 3 is 3.20 bits per heavy atom. The van der Waals surface area contributed by atoms with Crippen molar-refractivity contribution in [2.75, 3.05) is 26.8 Å². The summed E-state index contributed by atoms with van der Waals surface area (Å²) in [4.78, 5) is 17.9. The van der Waals surface area contributed by atoms with Crippen molar-refractivity contribution in [2.45, 2.75) is 38.9 Å². The number of carbonyl (C=O) groups is 1. The van der Waals surface area contributed by atoms with Crippen LogP contribution in [0.5, 0.6) is 0 Å². The number of likely N-dealkylation sites (tertiary alicyclic amines) is 1.